The van der Waals surface area contributed by atoms with Crippen LogP contribution in [0.3, 0.4) is 0 Å². The van der Waals surface area contributed by atoms with Gasteiger partial charge in [-0.15, -0.1) is 0 Å². The van der Waals surface area contributed by atoms with E-state index in [9.17, 15) is 5.26 Å². The molecule has 1 aromatic carbocycles. The zero-order chi connectivity index (χ0) is 16.7. The molecule has 0 radical (unpaired) electrons. The van der Waals surface area contributed by atoms with Crippen molar-refractivity contribution in [3.63, 3.8) is 0 Å². The summed E-state index contributed by atoms with van der Waals surface area (Å²) in [4.78, 5) is 2.23. The van der Waals surface area contributed by atoms with Crippen LogP contribution >= 0.6 is 27.5 Å². The van der Waals surface area contributed by atoms with Crippen LogP contribution in [0.1, 0.15) is 24.8 Å². The lowest BCUT2D eigenvalue weighted by atomic mass is 10.0. The zero-order valence-electron chi connectivity index (χ0n) is 13.1. The highest BCUT2D eigenvalue weighted by Crippen LogP contribution is 2.47. The van der Waals surface area contributed by atoms with Crippen LogP contribution in [0.15, 0.2) is 16.7 Å². The van der Waals surface area contributed by atoms with Gasteiger partial charge in [-0.25, -0.2) is 0 Å². The van der Waals surface area contributed by atoms with E-state index in [1.165, 1.54) is 0 Å². The van der Waals surface area contributed by atoms with Gasteiger partial charge in [0.2, 0.25) is 0 Å². The lowest BCUT2D eigenvalue weighted by Gasteiger charge is -2.25. The number of hydrogen-bond donors (Lipinski definition) is 0. The third-order valence-corrected chi connectivity index (χ3v) is 5.43. The van der Waals surface area contributed by atoms with Crippen molar-refractivity contribution in [1.29, 1.82) is 5.26 Å². The van der Waals surface area contributed by atoms with E-state index in [-0.39, 0.29) is 0 Å². The third-order valence-electron chi connectivity index (χ3n) is 4.56. The van der Waals surface area contributed by atoms with E-state index in [1.54, 1.807) is 6.20 Å². The number of hydrogen-bond acceptors (Lipinski definition) is 4. The quantitative estimate of drug-likeness (QED) is 0.710. The predicted molar refractivity (Wildman–Crippen MR) is 96.6 cm³/mol. The van der Waals surface area contributed by atoms with E-state index in [2.05, 4.69) is 32.0 Å². The molecule has 0 spiro atoms. The number of ether oxygens (including phenoxy) is 1. The first-order chi connectivity index (χ1) is 11.7. The number of halogens is 2. The molecule has 1 fully saturated rings. The highest BCUT2D eigenvalue weighted by atomic mass is 79.9. The standard InChI is InChI=1S/C17H16BrClN4O/c18-12-10-21-23-6-3-7-24-17-13(19)8-14(22-4-1-2-5-22)11(9-20)15(17)16(12)23/h8,10H,1-7H2. The molecule has 3 heterocycles. The van der Waals surface area contributed by atoms with Crippen molar-refractivity contribution in [2.24, 2.45) is 0 Å². The van der Waals surface area contributed by atoms with Crippen LogP contribution in [-0.4, -0.2) is 29.5 Å². The van der Waals surface area contributed by atoms with E-state index in [1.807, 2.05) is 10.7 Å². The van der Waals surface area contributed by atoms with Crippen molar-refractivity contribution in [3.05, 3.63) is 27.3 Å². The summed E-state index contributed by atoms with van der Waals surface area (Å²) in [6, 6.07) is 4.27. The summed E-state index contributed by atoms with van der Waals surface area (Å²) in [7, 11) is 0. The Bertz CT molecular complexity index is 836. The van der Waals surface area contributed by atoms with Gasteiger partial charge in [0, 0.05) is 26.1 Å². The molecule has 1 aromatic heterocycles. The molecule has 0 N–H and O–H groups in total. The fourth-order valence-electron chi connectivity index (χ4n) is 3.48. The number of anilines is 1. The van der Waals surface area contributed by atoms with Crippen LogP contribution in [0.25, 0.3) is 11.3 Å². The fraction of sp³-hybridized carbons (Fsp3) is 0.412. The molecule has 0 bridgehead atoms. The first-order valence-electron chi connectivity index (χ1n) is 8.06. The lowest BCUT2D eigenvalue weighted by Crippen LogP contribution is -2.20. The molecule has 1 saturated heterocycles. The van der Waals surface area contributed by atoms with Crippen LogP contribution in [0.5, 0.6) is 5.75 Å². The number of rotatable bonds is 1. The minimum Gasteiger partial charge on any atom is -0.491 e. The van der Waals surface area contributed by atoms with Crippen molar-refractivity contribution in [1.82, 2.24) is 9.78 Å². The Morgan fingerprint density at radius 2 is 2.04 bits per heavy atom. The lowest BCUT2D eigenvalue weighted by molar-refractivity contribution is 0.295. The van der Waals surface area contributed by atoms with Crippen molar-refractivity contribution in [2.75, 3.05) is 24.6 Å². The highest BCUT2D eigenvalue weighted by molar-refractivity contribution is 9.10. The predicted octanol–water partition coefficient (Wildman–Crippen LogP) is 4.22. The maximum atomic E-state index is 9.92. The summed E-state index contributed by atoms with van der Waals surface area (Å²) >= 11 is 10.1. The molecule has 2 aliphatic heterocycles. The normalized spacial score (nSPS) is 16.6. The number of fused-ring (bicyclic) bond motifs is 3. The molecule has 124 valence electrons. The molecule has 2 aliphatic rings. The van der Waals surface area contributed by atoms with E-state index >= 15 is 0 Å². The largest absolute Gasteiger partial charge is 0.491 e. The summed E-state index contributed by atoms with van der Waals surface area (Å²) < 4.78 is 8.71. The molecule has 24 heavy (non-hydrogen) atoms. The molecule has 7 heteroatoms. The topological polar surface area (TPSA) is 54.1 Å². The first kappa shape index (κ1) is 15.8. The van der Waals surface area contributed by atoms with Crippen LogP contribution in [-0.2, 0) is 6.54 Å². The Labute approximate surface area is 153 Å². The number of aryl methyl sites for hydroxylation is 1. The van der Waals surface area contributed by atoms with Gasteiger partial charge < -0.3 is 9.64 Å². The van der Waals surface area contributed by atoms with E-state index in [0.717, 1.165) is 60.3 Å². The molecular weight excluding hydrogens is 392 g/mol. The average molecular weight is 408 g/mol. The molecule has 0 aliphatic carbocycles. The summed E-state index contributed by atoms with van der Waals surface area (Å²) in [5.74, 6) is 0.582. The van der Waals surface area contributed by atoms with Crippen molar-refractivity contribution < 1.29 is 4.74 Å². The maximum Gasteiger partial charge on any atom is 0.148 e. The zero-order valence-corrected chi connectivity index (χ0v) is 15.4. The van der Waals surface area contributed by atoms with Gasteiger partial charge in [0.1, 0.15) is 11.8 Å². The smallest absolute Gasteiger partial charge is 0.148 e. The van der Waals surface area contributed by atoms with Gasteiger partial charge in [-0.3, -0.25) is 4.68 Å². The molecule has 2 aromatic rings. The van der Waals surface area contributed by atoms with Gasteiger partial charge in [-0.2, -0.15) is 10.4 Å². The second kappa shape index (κ2) is 6.30. The SMILES string of the molecule is N#Cc1c(N2CCCC2)cc(Cl)c2c1-c1c(Br)cnn1CCCO2. The molecular formula is C17H16BrClN4O. The van der Waals surface area contributed by atoms with Crippen molar-refractivity contribution >= 4 is 33.2 Å². The maximum absolute atomic E-state index is 9.92. The number of nitriles is 1. The Kier molecular flexibility index (Phi) is 4.15. The number of benzene rings is 1. The molecule has 0 saturated carbocycles. The Morgan fingerprint density at radius 1 is 1.25 bits per heavy atom. The molecule has 0 unspecified atom stereocenters. The molecule has 0 amide bonds. The van der Waals surface area contributed by atoms with E-state index in [4.69, 9.17) is 16.3 Å². The Morgan fingerprint density at radius 3 is 2.79 bits per heavy atom. The van der Waals surface area contributed by atoms with Crippen LogP contribution < -0.4 is 9.64 Å². The second-order valence-corrected chi connectivity index (χ2v) is 7.29. The fourth-order valence-corrected chi connectivity index (χ4v) is 4.22. The minimum atomic E-state index is 0.549. The minimum absolute atomic E-state index is 0.549. The van der Waals surface area contributed by atoms with Gasteiger partial charge >= 0.3 is 0 Å². The van der Waals surface area contributed by atoms with Gasteiger partial charge in [0.25, 0.3) is 0 Å². The van der Waals surface area contributed by atoms with Gasteiger partial charge in [-0.05, 0) is 34.8 Å². The van der Waals surface area contributed by atoms with Crippen LogP contribution in [0.2, 0.25) is 5.02 Å². The van der Waals surface area contributed by atoms with E-state index < -0.39 is 0 Å². The first-order valence-corrected chi connectivity index (χ1v) is 9.24. The highest BCUT2D eigenvalue weighted by Gasteiger charge is 2.28. The molecule has 0 atom stereocenters. The number of aromatic nitrogens is 2. The monoisotopic (exact) mass is 406 g/mol. The third kappa shape index (κ3) is 2.47. The Hall–Kier alpha value is -1.71. The number of nitrogens with zero attached hydrogens (tertiary/aromatic N) is 4. The Balaban J connectivity index is 2.03. The van der Waals surface area contributed by atoms with Crippen molar-refractivity contribution in [3.8, 4) is 23.1 Å². The summed E-state index contributed by atoms with van der Waals surface area (Å²) in [6.45, 7) is 3.20. The summed E-state index contributed by atoms with van der Waals surface area (Å²) in [5, 5.41) is 14.9. The van der Waals surface area contributed by atoms with Crippen LogP contribution in [0, 0.1) is 11.3 Å². The van der Waals surface area contributed by atoms with Crippen LogP contribution in [0.4, 0.5) is 5.69 Å². The van der Waals surface area contributed by atoms with Gasteiger partial charge in [-0.1, -0.05) is 11.6 Å². The average Bonchev–Trinajstić information content (AvgIpc) is 3.19. The van der Waals surface area contributed by atoms with Gasteiger partial charge in [0.05, 0.1) is 44.8 Å². The van der Waals surface area contributed by atoms with Gasteiger partial charge in [0.15, 0.2) is 0 Å². The summed E-state index contributed by atoms with van der Waals surface area (Å²) in [5.41, 5.74) is 3.11. The molecule has 4 rings (SSSR count). The molecule has 5 nitrogen and oxygen atoms in total. The second-order valence-electron chi connectivity index (χ2n) is 6.03. The van der Waals surface area contributed by atoms with Crippen molar-refractivity contribution in [2.45, 2.75) is 25.8 Å². The van der Waals surface area contributed by atoms with E-state index in [0.29, 0.717) is 22.9 Å². The summed E-state index contributed by atoms with van der Waals surface area (Å²) in [6.07, 6.45) is 4.88.